The van der Waals surface area contributed by atoms with E-state index in [1.165, 1.54) is 16.8 Å². The largest absolute Gasteiger partial charge is 0.319 e. The van der Waals surface area contributed by atoms with Gasteiger partial charge in [0.25, 0.3) is 5.56 Å². The summed E-state index contributed by atoms with van der Waals surface area (Å²) in [5.74, 6) is -0.436. The van der Waals surface area contributed by atoms with Gasteiger partial charge in [0.2, 0.25) is 0 Å². The van der Waals surface area contributed by atoms with Crippen LogP contribution >= 0.6 is 15.9 Å². The molecular formula is C10H5BrFN3O. The minimum Gasteiger partial charge on any atom is -0.319 e. The van der Waals surface area contributed by atoms with Gasteiger partial charge in [0.15, 0.2) is 5.82 Å². The molecule has 0 bridgehead atoms. The number of hydrogen-bond acceptors (Lipinski definition) is 2. The maximum Gasteiger partial charge on any atom is 0.274 e. The van der Waals surface area contributed by atoms with Gasteiger partial charge >= 0.3 is 0 Å². The molecule has 16 heavy (non-hydrogen) atoms. The molecule has 3 aromatic rings. The molecule has 4 nitrogen and oxygen atoms in total. The first-order valence-electron chi connectivity index (χ1n) is 4.51. The van der Waals surface area contributed by atoms with Gasteiger partial charge < -0.3 is 4.98 Å². The molecule has 0 atom stereocenters. The number of aromatic nitrogens is 3. The zero-order chi connectivity index (χ0) is 11.3. The van der Waals surface area contributed by atoms with Gasteiger partial charge in [-0.05, 0) is 18.2 Å². The van der Waals surface area contributed by atoms with E-state index >= 15 is 0 Å². The van der Waals surface area contributed by atoms with Crippen molar-refractivity contribution in [3.8, 4) is 0 Å². The fraction of sp³-hybridized carbons (Fsp3) is 0. The van der Waals surface area contributed by atoms with Crippen LogP contribution in [0.5, 0.6) is 0 Å². The number of rotatable bonds is 0. The van der Waals surface area contributed by atoms with E-state index < -0.39 is 5.82 Å². The van der Waals surface area contributed by atoms with Gasteiger partial charge in [-0.3, -0.25) is 4.79 Å². The second-order valence-corrected chi connectivity index (χ2v) is 4.28. The smallest absolute Gasteiger partial charge is 0.274 e. The van der Waals surface area contributed by atoms with E-state index in [2.05, 4.69) is 26.0 Å². The average molecular weight is 282 g/mol. The van der Waals surface area contributed by atoms with E-state index in [0.29, 0.717) is 15.5 Å². The molecule has 0 saturated carbocycles. The van der Waals surface area contributed by atoms with Crippen LogP contribution in [0.1, 0.15) is 0 Å². The van der Waals surface area contributed by atoms with Crippen molar-refractivity contribution >= 4 is 32.5 Å². The van der Waals surface area contributed by atoms with Crippen LogP contribution in [0.2, 0.25) is 0 Å². The second kappa shape index (κ2) is 3.15. The monoisotopic (exact) mass is 281 g/mol. The van der Waals surface area contributed by atoms with E-state index in [0.717, 1.165) is 0 Å². The minimum absolute atomic E-state index is 0.266. The first-order valence-corrected chi connectivity index (χ1v) is 5.31. The number of halogens is 2. The van der Waals surface area contributed by atoms with Crippen LogP contribution in [-0.2, 0) is 0 Å². The Labute approximate surface area is 96.8 Å². The molecule has 0 aliphatic rings. The summed E-state index contributed by atoms with van der Waals surface area (Å²) in [6.07, 6.45) is 1.46. The average Bonchev–Trinajstić information content (AvgIpc) is 2.65. The van der Waals surface area contributed by atoms with Gasteiger partial charge in [-0.1, -0.05) is 15.9 Å². The van der Waals surface area contributed by atoms with E-state index in [1.807, 2.05) is 0 Å². The number of nitrogens with one attached hydrogen (secondary N) is 1. The Balaban J connectivity index is 2.70. The summed E-state index contributed by atoms with van der Waals surface area (Å²) in [6.45, 7) is 0. The van der Waals surface area contributed by atoms with E-state index in [9.17, 15) is 9.18 Å². The highest BCUT2D eigenvalue weighted by Crippen LogP contribution is 2.21. The molecule has 2 heterocycles. The number of benzene rings is 1. The van der Waals surface area contributed by atoms with Gasteiger partial charge in [0, 0.05) is 4.47 Å². The molecular weight excluding hydrogens is 277 g/mol. The van der Waals surface area contributed by atoms with Gasteiger partial charge in [0.05, 0.1) is 11.7 Å². The molecule has 1 N–H and O–H groups in total. The highest BCUT2D eigenvalue weighted by atomic mass is 79.9. The van der Waals surface area contributed by atoms with Crippen molar-refractivity contribution in [2.45, 2.75) is 0 Å². The van der Waals surface area contributed by atoms with Crippen LogP contribution in [-0.4, -0.2) is 14.6 Å². The maximum absolute atomic E-state index is 13.8. The molecule has 2 aromatic heterocycles. The molecule has 3 rings (SSSR count). The Hall–Kier alpha value is -1.69. The van der Waals surface area contributed by atoms with E-state index in [4.69, 9.17) is 0 Å². The van der Waals surface area contributed by atoms with Crippen molar-refractivity contribution in [1.29, 1.82) is 0 Å². The zero-order valence-electron chi connectivity index (χ0n) is 7.87. The molecule has 0 fully saturated rings. The standard InChI is InChI=1S/C10H5BrFN3O/c11-5-3-6(12)9-7(4-5)14-10(16)8-1-2-13-15(8)9/h1-4H,(H,14,16). The fourth-order valence-electron chi connectivity index (χ4n) is 1.72. The lowest BCUT2D eigenvalue weighted by molar-refractivity contribution is 0.631. The fourth-order valence-corrected chi connectivity index (χ4v) is 2.15. The first kappa shape index (κ1) is 9.53. The van der Waals surface area contributed by atoms with Crippen LogP contribution in [0.3, 0.4) is 0 Å². The zero-order valence-corrected chi connectivity index (χ0v) is 9.45. The predicted octanol–water partition coefficient (Wildman–Crippen LogP) is 2.08. The van der Waals surface area contributed by atoms with Gasteiger partial charge in [-0.25, -0.2) is 8.91 Å². The van der Waals surface area contributed by atoms with Crippen LogP contribution in [0.4, 0.5) is 4.39 Å². The third-order valence-electron chi connectivity index (χ3n) is 2.36. The lowest BCUT2D eigenvalue weighted by Gasteiger charge is -2.03. The van der Waals surface area contributed by atoms with Crippen LogP contribution in [0.25, 0.3) is 16.6 Å². The summed E-state index contributed by atoms with van der Waals surface area (Å²) in [5, 5.41) is 3.94. The van der Waals surface area contributed by atoms with Crippen LogP contribution < -0.4 is 5.56 Å². The molecule has 1 aromatic carbocycles. The highest BCUT2D eigenvalue weighted by molar-refractivity contribution is 9.10. The predicted molar refractivity (Wildman–Crippen MR) is 61.0 cm³/mol. The van der Waals surface area contributed by atoms with Crippen molar-refractivity contribution in [3.63, 3.8) is 0 Å². The molecule has 0 amide bonds. The lowest BCUT2D eigenvalue weighted by atomic mass is 10.3. The summed E-state index contributed by atoms with van der Waals surface area (Å²) in [5.41, 5.74) is 0.715. The molecule has 80 valence electrons. The summed E-state index contributed by atoms with van der Waals surface area (Å²) in [4.78, 5) is 14.2. The molecule has 6 heteroatoms. The molecule has 0 spiro atoms. The van der Waals surface area contributed by atoms with Crippen LogP contribution in [0, 0.1) is 5.82 Å². The van der Waals surface area contributed by atoms with Gasteiger partial charge in [-0.2, -0.15) is 5.10 Å². The number of H-pyrrole nitrogens is 1. The third kappa shape index (κ3) is 1.19. The quantitative estimate of drug-likeness (QED) is 0.686. The minimum atomic E-state index is -0.436. The molecule has 0 radical (unpaired) electrons. The maximum atomic E-state index is 13.8. The second-order valence-electron chi connectivity index (χ2n) is 3.37. The number of nitrogens with zero attached hydrogens (tertiary/aromatic N) is 2. The van der Waals surface area contributed by atoms with Crippen molar-refractivity contribution in [2.75, 3.05) is 0 Å². The summed E-state index contributed by atoms with van der Waals surface area (Å²) in [6, 6.07) is 4.52. The Morgan fingerprint density at radius 2 is 2.25 bits per heavy atom. The van der Waals surface area contributed by atoms with E-state index in [-0.39, 0.29) is 11.1 Å². The van der Waals surface area contributed by atoms with Crippen molar-refractivity contribution < 1.29 is 4.39 Å². The Kier molecular flexibility index (Phi) is 1.88. The van der Waals surface area contributed by atoms with Crippen molar-refractivity contribution in [3.05, 3.63) is 45.0 Å². The van der Waals surface area contributed by atoms with Crippen LogP contribution in [0.15, 0.2) is 33.7 Å². The Morgan fingerprint density at radius 3 is 3.06 bits per heavy atom. The van der Waals surface area contributed by atoms with Crippen molar-refractivity contribution in [1.82, 2.24) is 14.6 Å². The third-order valence-corrected chi connectivity index (χ3v) is 2.82. The summed E-state index contributed by atoms with van der Waals surface area (Å²) in [7, 11) is 0. The van der Waals surface area contributed by atoms with Gasteiger partial charge in [0.1, 0.15) is 11.0 Å². The summed E-state index contributed by atoms with van der Waals surface area (Å²) >= 11 is 3.17. The Morgan fingerprint density at radius 1 is 1.44 bits per heavy atom. The molecule has 0 unspecified atom stereocenters. The summed E-state index contributed by atoms with van der Waals surface area (Å²) < 4.78 is 15.6. The van der Waals surface area contributed by atoms with E-state index in [1.54, 1.807) is 12.1 Å². The molecule has 0 aliphatic heterocycles. The SMILES string of the molecule is O=c1[nH]c2cc(Br)cc(F)c2n2nccc12. The lowest BCUT2D eigenvalue weighted by Crippen LogP contribution is -2.11. The van der Waals surface area contributed by atoms with Crippen molar-refractivity contribution in [2.24, 2.45) is 0 Å². The number of hydrogen-bond donors (Lipinski definition) is 1. The first-order chi connectivity index (χ1) is 7.66. The normalized spacial score (nSPS) is 11.4. The molecule has 0 aliphatic carbocycles. The number of fused-ring (bicyclic) bond motifs is 3. The number of aromatic amines is 1. The topological polar surface area (TPSA) is 50.2 Å². The Bertz CT molecular complexity index is 762. The molecule has 0 saturated heterocycles. The highest BCUT2D eigenvalue weighted by Gasteiger charge is 2.10. The van der Waals surface area contributed by atoms with Gasteiger partial charge in [-0.15, -0.1) is 0 Å².